The maximum atomic E-state index is 12.0. The van der Waals surface area contributed by atoms with Crippen LogP contribution in [0, 0.1) is 6.92 Å². The van der Waals surface area contributed by atoms with E-state index in [1.54, 1.807) is 39.8 Å². The van der Waals surface area contributed by atoms with Gasteiger partial charge in [0.15, 0.2) is 5.78 Å². The Hall–Kier alpha value is -1.91. The van der Waals surface area contributed by atoms with Crippen LogP contribution in [0.5, 0.6) is 0 Å². The van der Waals surface area contributed by atoms with Crippen LogP contribution < -0.4 is 5.32 Å². The van der Waals surface area contributed by atoms with Crippen molar-refractivity contribution in [2.24, 2.45) is 0 Å². The number of hydrogen-bond acceptors (Lipinski definition) is 4. The third kappa shape index (κ3) is 5.07. The Morgan fingerprint density at radius 1 is 1.32 bits per heavy atom. The number of carbonyl (C=O) groups is 2. The van der Waals surface area contributed by atoms with Gasteiger partial charge in [0.25, 0.3) is 0 Å². The van der Waals surface area contributed by atoms with Crippen LogP contribution in [0.3, 0.4) is 0 Å². The van der Waals surface area contributed by atoms with Gasteiger partial charge >= 0.3 is 6.09 Å². The van der Waals surface area contributed by atoms with E-state index in [-0.39, 0.29) is 5.78 Å². The molecule has 0 saturated carbocycles. The van der Waals surface area contributed by atoms with Gasteiger partial charge in [-0.25, -0.2) is 4.79 Å². The van der Waals surface area contributed by atoms with E-state index < -0.39 is 17.7 Å². The van der Waals surface area contributed by atoms with E-state index in [4.69, 9.17) is 4.74 Å². The Kier molecular flexibility index (Phi) is 4.64. The molecule has 0 aliphatic heterocycles. The molecular formula is C14H20N2O3. The highest BCUT2D eigenvalue weighted by Crippen LogP contribution is 2.08. The van der Waals surface area contributed by atoms with Gasteiger partial charge in [0.05, 0.1) is 6.04 Å². The van der Waals surface area contributed by atoms with E-state index in [0.29, 0.717) is 5.56 Å². The molecule has 1 heterocycles. The van der Waals surface area contributed by atoms with Gasteiger partial charge in [-0.3, -0.25) is 9.78 Å². The third-order valence-electron chi connectivity index (χ3n) is 2.32. The summed E-state index contributed by atoms with van der Waals surface area (Å²) >= 11 is 0. The summed E-state index contributed by atoms with van der Waals surface area (Å²) in [7, 11) is 0. The Morgan fingerprint density at radius 2 is 1.95 bits per heavy atom. The van der Waals surface area contributed by atoms with Crippen molar-refractivity contribution >= 4 is 11.9 Å². The normalized spacial score (nSPS) is 12.7. The number of pyridine rings is 1. The zero-order chi connectivity index (χ0) is 14.6. The van der Waals surface area contributed by atoms with Crippen LogP contribution in [0.25, 0.3) is 0 Å². The highest BCUT2D eigenvalue weighted by Gasteiger charge is 2.21. The van der Waals surface area contributed by atoms with Crippen LogP contribution in [-0.4, -0.2) is 28.5 Å². The van der Waals surface area contributed by atoms with Crippen molar-refractivity contribution < 1.29 is 14.3 Å². The van der Waals surface area contributed by atoms with Gasteiger partial charge in [0.2, 0.25) is 0 Å². The number of nitrogens with one attached hydrogen (secondary N) is 1. The van der Waals surface area contributed by atoms with Crippen molar-refractivity contribution in [1.29, 1.82) is 0 Å². The van der Waals surface area contributed by atoms with Gasteiger partial charge in [0, 0.05) is 17.5 Å². The Balaban J connectivity index is 2.63. The number of ether oxygens (including phenoxy) is 1. The molecule has 1 aromatic heterocycles. The van der Waals surface area contributed by atoms with Crippen LogP contribution in [0.4, 0.5) is 4.79 Å². The minimum Gasteiger partial charge on any atom is -0.444 e. The molecule has 0 unspecified atom stereocenters. The van der Waals surface area contributed by atoms with Crippen molar-refractivity contribution in [3.8, 4) is 0 Å². The molecule has 104 valence electrons. The third-order valence-corrected chi connectivity index (χ3v) is 2.32. The zero-order valence-electron chi connectivity index (χ0n) is 12.0. The summed E-state index contributed by atoms with van der Waals surface area (Å²) in [4.78, 5) is 27.7. The summed E-state index contributed by atoms with van der Waals surface area (Å²) in [5.74, 6) is -0.196. The molecule has 0 spiro atoms. The average Bonchev–Trinajstić information content (AvgIpc) is 2.26. The first-order valence-corrected chi connectivity index (χ1v) is 6.15. The first kappa shape index (κ1) is 15.1. The SMILES string of the molecule is Cc1ccc(C(=O)[C@H](C)NC(=O)OC(C)(C)C)cn1. The highest BCUT2D eigenvalue weighted by molar-refractivity contribution is 6.00. The number of hydrogen-bond donors (Lipinski definition) is 1. The van der Waals surface area contributed by atoms with E-state index in [9.17, 15) is 9.59 Å². The van der Waals surface area contributed by atoms with E-state index in [2.05, 4.69) is 10.3 Å². The number of aryl methyl sites for hydroxylation is 1. The minimum atomic E-state index is -0.653. The van der Waals surface area contributed by atoms with Crippen molar-refractivity contribution in [2.75, 3.05) is 0 Å². The second-order valence-corrected chi connectivity index (χ2v) is 5.42. The average molecular weight is 264 g/mol. The lowest BCUT2D eigenvalue weighted by Crippen LogP contribution is -2.41. The molecule has 1 rings (SSSR count). The molecule has 0 aromatic carbocycles. The van der Waals surface area contributed by atoms with Crippen LogP contribution in [0.1, 0.15) is 43.7 Å². The van der Waals surface area contributed by atoms with Crippen LogP contribution in [0.2, 0.25) is 0 Å². The molecule has 0 bridgehead atoms. The van der Waals surface area contributed by atoms with E-state index in [1.165, 1.54) is 6.20 Å². The summed E-state index contributed by atoms with van der Waals surface area (Å²) in [6.45, 7) is 8.76. The highest BCUT2D eigenvalue weighted by atomic mass is 16.6. The first-order valence-electron chi connectivity index (χ1n) is 6.15. The number of aromatic nitrogens is 1. The van der Waals surface area contributed by atoms with Crippen molar-refractivity contribution in [1.82, 2.24) is 10.3 Å². The molecule has 0 radical (unpaired) electrons. The molecule has 0 fully saturated rings. The molecule has 1 aromatic rings. The van der Waals surface area contributed by atoms with Gasteiger partial charge in [-0.05, 0) is 46.8 Å². The number of nitrogens with zero attached hydrogens (tertiary/aromatic N) is 1. The molecule has 5 nitrogen and oxygen atoms in total. The fourth-order valence-electron chi connectivity index (χ4n) is 1.41. The second kappa shape index (κ2) is 5.82. The summed E-state index contributed by atoms with van der Waals surface area (Å²) in [5, 5.41) is 2.51. The molecular weight excluding hydrogens is 244 g/mol. The fourth-order valence-corrected chi connectivity index (χ4v) is 1.41. The van der Waals surface area contributed by atoms with Crippen molar-refractivity contribution in [3.63, 3.8) is 0 Å². The van der Waals surface area contributed by atoms with Crippen molar-refractivity contribution in [2.45, 2.75) is 46.3 Å². The largest absolute Gasteiger partial charge is 0.444 e. The molecule has 5 heteroatoms. The Labute approximate surface area is 113 Å². The van der Waals surface area contributed by atoms with E-state index in [1.807, 2.05) is 6.92 Å². The zero-order valence-corrected chi connectivity index (χ0v) is 12.0. The Morgan fingerprint density at radius 3 is 2.42 bits per heavy atom. The summed E-state index contributed by atoms with van der Waals surface area (Å²) in [5.41, 5.74) is 0.719. The summed E-state index contributed by atoms with van der Waals surface area (Å²) in [6.07, 6.45) is 0.902. The van der Waals surface area contributed by atoms with Gasteiger partial charge in [-0.15, -0.1) is 0 Å². The maximum Gasteiger partial charge on any atom is 0.408 e. The fraction of sp³-hybridized carbons (Fsp3) is 0.500. The molecule has 0 saturated heterocycles. The lowest BCUT2D eigenvalue weighted by Gasteiger charge is -2.21. The lowest BCUT2D eigenvalue weighted by atomic mass is 10.1. The van der Waals surface area contributed by atoms with Crippen molar-refractivity contribution in [3.05, 3.63) is 29.6 Å². The van der Waals surface area contributed by atoms with E-state index >= 15 is 0 Å². The predicted molar refractivity (Wildman–Crippen MR) is 72.1 cm³/mol. The summed E-state index contributed by atoms with van der Waals surface area (Å²) < 4.78 is 5.10. The second-order valence-electron chi connectivity index (χ2n) is 5.42. The predicted octanol–water partition coefficient (Wildman–Crippen LogP) is 2.49. The lowest BCUT2D eigenvalue weighted by molar-refractivity contribution is 0.0496. The maximum absolute atomic E-state index is 12.0. The quantitative estimate of drug-likeness (QED) is 0.852. The number of rotatable bonds is 3. The van der Waals surface area contributed by atoms with Gasteiger partial charge in [0.1, 0.15) is 5.60 Å². The standard InChI is InChI=1S/C14H20N2O3/c1-9-6-7-11(8-15-9)12(17)10(2)16-13(18)19-14(3,4)5/h6-8,10H,1-5H3,(H,16,18)/t10-/m0/s1. The monoisotopic (exact) mass is 264 g/mol. The van der Waals surface area contributed by atoms with Gasteiger partial charge in [-0.1, -0.05) is 0 Å². The van der Waals surface area contributed by atoms with Crippen LogP contribution in [-0.2, 0) is 4.74 Å². The molecule has 0 aliphatic rings. The molecule has 0 aliphatic carbocycles. The molecule has 19 heavy (non-hydrogen) atoms. The van der Waals surface area contributed by atoms with Gasteiger partial charge < -0.3 is 10.1 Å². The van der Waals surface area contributed by atoms with Crippen LogP contribution in [0.15, 0.2) is 18.3 Å². The molecule has 1 amide bonds. The minimum absolute atomic E-state index is 0.196. The number of amides is 1. The number of carbonyl (C=O) groups excluding carboxylic acids is 2. The smallest absolute Gasteiger partial charge is 0.408 e. The van der Waals surface area contributed by atoms with Gasteiger partial charge in [-0.2, -0.15) is 0 Å². The summed E-state index contributed by atoms with van der Waals surface area (Å²) in [6, 6.07) is 2.80. The van der Waals surface area contributed by atoms with E-state index in [0.717, 1.165) is 5.69 Å². The molecule has 1 N–H and O–H groups in total. The number of Topliss-reactive ketones (excluding diaryl/α,β-unsaturated/α-hetero) is 1. The number of ketones is 1. The topological polar surface area (TPSA) is 68.3 Å². The Bertz CT molecular complexity index is 461. The molecule has 1 atom stereocenters. The van der Waals surface area contributed by atoms with Crippen LogP contribution >= 0.6 is 0 Å². The first-order chi connectivity index (χ1) is 8.69. The number of alkyl carbamates (subject to hydrolysis) is 1.